The van der Waals surface area contributed by atoms with Crippen molar-refractivity contribution in [1.29, 1.82) is 0 Å². The summed E-state index contributed by atoms with van der Waals surface area (Å²) in [5.41, 5.74) is 4.53. The summed E-state index contributed by atoms with van der Waals surface area (Å²) >= 11 is 0. The van der Waals surface area contributed by atoms with Crippen LogP contribution in [-0.4, -0.2) is 23.3 Å². The molecule has 11 nitrogen and oxygen atoms in total. The predicted octanol–water partition coefficient (Wildman–Crippen LogP) is 0.284. The van der Waals surface area contributed by atoms with Crippen molar-refractivity contribution in [2.75, 3.05) is 10.9 Å². The molecular formula is C11H13N7O4S. The van der Waals surface area contributed by atoms with Gasteiger partial charge in [0.2, 0.25) is 11.6 Å². The molecule has 0 saturated heterocycles. The van der Waals surface area contributed by atoms with Crippen LogP contribution in [0.25, 0.3) is 0 Å². The summed E-state index contributed by atoms with van der Waals surface area (Å²) in [6.45, 7) is 1.81. The lowest BCUT2D eigenvalue weighted by Crippen LogP contribution is -2.30. The molecule has 1 aromatic heterocycles. The molecule has 5 N–H and O–H groups in total. The minimum absolute atomic E-state index is 0.00974. The summed E-state index contributed by atoms with van der Waals surface area (Å²) in [6.07, 6.45) is 0.991. The van der Waals surface area contributed by atoms with Crippen LogP contribution in [0.15, 0.2) is 35.5 Å². The number of rotatable bonds is 6. The second-order valence-corrected chi connectivity index (χ2v) is 6.05. The zero-order valence-corrected chi connectivity index (χ0v) is 12.7. The highest BCUT2D eigenvalue weighted by atomic mass is 32.2. The molecule has 1 aromatic carbocycles. The van der Waals surface area contributed by atoms with Crippen LogP contribution >= 0.6 is 0 Å². The smallest absolute Gasteiger partial charge is 0.303 e. The average molecular weight is 339 g/mol. The van der Waals surface area contributed by atoms with Crippen LogP contribution < -0.4 is 21.5 Å². The molecular weight excluding hydrogens is 326 g/mol. The van der Waals surface area contributed by atoms with Crippen molar-refractivity contribution < 1.29 is 13.3 Å². The van der Waals surface area contributed by atoms with Gasteiger partial charge in [0.15, 0.2) is 0 Å². The summed E-state index contributed by atoms with van der Waals surface area (Å²) < 4.78 is 24.3. The van der Waals surface area contributed by atoms with Crippen molar-refractivity contribution in [3.8, 4) is 0 Å². The van der Waals surface area contributed by atoms with Gasteiger partial charge >= 0.3 is 5.69 Å². The largest absolute Gasteiger partial charge is 0.355 e. The number of nitro groups is 1. The van der Waals surface area contributed by atoms with Crippen molar-refractivity contribution in [2.45, 2.75) is 11.8 Å². The molecule has 0 fully saturated rings. The van der Waals surface area contributed by atoms with Crippen LogP contribution in [-0.2, 0) is 10.0 Å². The van der Waals surface area contributed by atoms with E-state index >= 15 is 0 Å². The number of aromatic nitrogens is 2. The van der Waals surface area contributed by atoms with E-state index in [9.17, 15) is 18.5 Å². The summed E-state index contributed by atoms with van der Waals surface area (Å²) in [4.78, 5) is 19.5. The molecule has 0 bridgehead atoms. The lowest BCUT2D eigenvalue weighted by Gasteiger charge is -2.10. The number of benzene rings is 1. The van der Waals surface area contributed by atoms with Crippen molar-refractivity contribution in [3.63, 3.8) is 0 Å². The molecule has 2 rings (SSSR count). The number of hydrazine groups is 2. The first-order valence-corrected chi connectivity index (χ1v) is 7.64. The molecule has 23 heavy (non-hydrogen) atoms. The van der Waals surface area contributed by atoms with E-state index in [0.29, 0.717) is 0 Å². The highest BCUT2D eigenvalue weighted by Gasteiger charge is 2.24. The summed E-state index contributed by atoms with van der Waals surface area (Å²) in [7, 11) is -3.93. The lowest BCUT2D eigenvalue weighted by molar-refractivity contribution is -0.383. The second-order valence-electron chi connectivity index (χ2n) is 4.36. The summed E-state index contributed by atoms with van der Waals surface area (Å²) in [5.74, 6) is 4.52. The Morgan fingerprint density at radius 2 is 1.78 bits per heavy atom. The number of hydrogen-bond acceptors (Lipinski definition) is 9. The first kappa shape index (κ1) is 16.5. The Balaban J connectivity index is 2.27. The van der Waals surface area contributed by atoms with E-state index in [0.717, 1.165) is 11.9 Å². The number of nitrogens with zero attached hydrogens (tertiary/aromatic N) is 3. The highest BCUT2D eigenvalue weighted by molar-refractivity contribution is 7.89. The minimum Gasteiger partial charge on any atom is -0.303 e. The minimum atomic E-state index is -3.93. The Morgan fingerprint density at radius 3 is 2.35 bits per heavy atom. The van der Waals surface area contributed by atoms with Gasteiger partial charge in [-0.25, -0.2) is 24.2 Å². The Morgan fingerprint density at radius 1 is 1.17 bits per heavy atom. The highest BCUT2D eigenvalue weighted by Crippen LogP contribution is 2.27. The fraction of sp³-hybridized carbons (Fsp3) is 0.0909. The molecule has 122 valence electrons. The molecule has 2 aromatic rings. The second kappa shape index (κ2) is 6.51. The Bertz CT molecular complexity index is 823. The maximum Gasteiger partial charge on any atom is 0.355 e. The van der Waals surface area contributed by atoms with Gasteiger partial charge in [0.1, 0.15) is 6.33 Å². The van der Waals surface area contributed by atoms with E-state index in [4.69, 9.17) is 5.84 Å². The number of aryl methyl sites for hydroxylation is 1. The van der Waals surface area contributed by atoms with Crippen molar-refractivity contribution in [2.24, 2.45) is 5.84 Å². The number of anilines is 2. The van der Waals surface area contributed by atoms with Crippen LogP contribution in [0.3, 0.4) is 0 Å². The van der Waals surface area contributed by atoms with Gasteiger partial charge in [-0.3, -0.25) is 15.5 Å². The standard InChI is InChI=1S/C11H13N7O4S/c1-7-2-4-8(5-3-7)23(21,22)17-16-11-9(18(19)20)10(15-12)13-6-14-11/h2-6,17H,12H2,1H3,(H2,13,14,15,16). The van der Waals surface area contributed by atoms with Gasteiger partial charge in [-0.1, -0.05) is 17.7 Å². The molecule has 0 atom stereocenters. The molecule has 12 heteroatoms. The van der Waals surface area contributed by atoms with E-state index in [1.54, 1.807) is 12.1 Å². The number of nitrogens with two attached hydrogens (primary N) is 1. The van der Waals surface area contributed by atoms with Gasteiger partial charge in [0.05, 0.1) is 9.82 Å². The van der Waals surface area contributed by atoms with Crippen LogP contribution in [0.4, 0.5) is 17.3 Å². The SMILES string of the molecule is Cc1ccc(S(=O)(=O)NNc2ncnc(NN)c2[N+](=O)[O-])cc1. The number of nitrogen functional groups attached to an aromatic ring is 1. The van der Waals surface area contributed by atoms with Crippen molar-refractivity contribution >= 4 is 27.3 Å². The predicted molar refractivity (Wildman–Crippen MR) is 81.6 cm³/mol. The fourth-order valence-corrected chi connectivity index (χ4v) is 2.48. The van der Waals surface area contributed by atoms with Gasteiger partial charge < -0.3 is 5.43 Å². The Kier molecular flexibility index (Phi) is 4.68. The zero-order chi connectivity index (χ0) is 17.0. The molecule has 0 aliphatic carbocycles. The van der Waals surface area contributed by atoms with Crippen LogP contribution in [0, 0.1) is 17.0 Å². The summed E-state index contributed by atoms with van der Waals surface area (Å²) in [6, 6.07) is 6.05. The molecule has 0 saturated carbocycles. The van der Waals surface area contributed by atoms with E-state index in [-0.39, 0.29) is 16.5 Å². The lowest BCUT2D eigenvalue weighted by atomic mass is 10.2. The van der Waals surface area contributed by atoms with Crippen LogP contribution in [0.2, 0.25) is 0 Å². The monoisotopic (exact) mass is 339 g/mol. The number of nitrogens with one attached hydrogen (secondary N) is 3. The van der Waals surface area contributed by atoms with Gasteiger partial charge in [0.25, 0.3) is 10.0 Å². The normalized spacial score (nSPS) is 11.0. The van der Waals surface area contributed by atoms with Crippen LogP contribution in [0.5, 0.6) is 0 Å². The number of sulfonamides is 1. The third-order valence-electron chi connectivity index (χ3n) is 2.78. The fourth-order valence-electron chi connectivity index (χ4n) is 1.64. The summed E-state index contributed by atoms with van der Waals surface area (Å²) in [5, 5.41) is 11.0. The van der Waals surface area contributed by atoms with Gasteiger partial charge in [-0.15, -0.1) is 4.83 Å². The van der Waals surface area contributed by atoms with Crippen molar-refractivity contribution in [3.05, 3.63) is 46.3 Å². The Labute approximate surface area is 131 Å². The molecule has 0 spiro atoms. The van der Waals surface area contributed by atoms with Gasteiger partial charge in [-0.2, -0.15) is 0 Å². The van der Waals surface area contributed by atoms with E-state index < -0.39 is 20.6 Å². The van der Waals surface area contributed by atoms with Gasteiger partial charge in [-0.05, 0) is 19.1 Å². The number of hydrogen-bond donors (Lipinski definition) is 4. The van der Waals surface area contributed by atoms with E-state index in [1.165, 1.54) is 12.1 Å². The molecule has 0 aliphatic heterocycles. The topological polar surface area (TPSA) is 165 Å². The molecule has 1 heterocycles. The zero-order valence-electron chi connectivity index (χ0n) is 11.8. The average Bonchev–Trinajstić information content (AvgIpc) is 2.52. The van der Waals surface area contributed by atoms with Crippen molar-refractivity contribution in [1.82, 2.24) is 14.8 Å². The third kappa shape index (κ3) is 3.68. The third-order valence-corrected chi connectivity index (χ3v) is 4.04. The van der Waals surface area contributed by atoms with E-state index in [1.807, 2.05) is 17.2 Å². The van der Waals surface area contributed by atoms with E-state index in [2.05, 4.69) is 15.4 Å². The molecule has 0 aliphatic rings. The first-order valence-electron chi connectivity index (χ1n) is 6.15. The molecule has 0 radical (unpaired) electrons. The Hall–Kier alpha value is -2.83. The maximum absolute atomic E-state index is 12.1. The van der Waals surface area contributed by atoms with Gasteiger partial charge in [0, 0.05) is 0 Å². The molecule has 0 amide bonds. The maximum atomic E-state index is 12.1. The van der Waals surface area contributed by atoms with Crippen LogP contribution in [0.1, 0.15) is 5.56 Å². The first-order chi connectivity index (χ1) is 10.8. The quantitative estimate of drug-likeness (QED) is 0.328. The molecule has 0 unspecified atom stereocenters.